The van der Waals surface area contributed by atoms with Gasteiger partial charge in [0.05, 0.1) is 12.1 Å². The molecule has 0 bridgehead atoms. The van der Waals surface area contributed by atoms with E-state index in [4.69, 9.17) is 0 Å². The van der Waals surface area contributed by atoms with E-state index in [-0.39, 0.29) is 5.91 Å². The van der Waals surface area contributed by atoms with Crippen molar-refractivity contribution in [2.75, 3.05) is 13.1 Å². The highest BCUT2D eigenvalue weighted by atomic mass is 16.1. The number of amides is 1. The molecule has 2 fully saturated rings. The number of likely N-dealkylation sites (tertiary alicyclic amines) is 1. The highest BCUT2D eigenvalue weighted by Crippen LogP contribution is 2.36. The van der Waals surface area contributed by atoms with Gasteiger partial charge in [0.15, 0.2) is 0 Å². The second-order valence-corrected chi connectivity index (χ2v) is 10.6. The average molecular weight is 459 g/mol. The number of benzene rings is 1. The highest BCUT2D eigenvalue weighted by Gasteiger charge is 2.31. The van der Waals surface area contributed by atoms with Crippen LogP contribution in [0.1, 0.15) is 74.5 Å². The van der Waals surface area contributed by atoms with Crippen molar-refractivity contribution >= 4 is 16.8 Å². The van der Waals surface area contributed by atoms with E-state index in [1.807, 2.05) is 6.07 Å². The Morgan fingerprint density at radius 3 is 2.47 bits per heavy atom. The topological polar surface area (TPSA) is 50.2 Å². The molecule has 3 aromatic rings. The van der Waals surface area contributed by atoms with Crippen molar-refractivity contribution < 1.29 is 4.79 Å². The first-order chi connectivity index (χ1) is 16.6. The third-order valence-electron chi connectivity index (χ3n) is 8.25. The third kappa shape index (κ3) is 4.90. The van der Waals surface area contributed by atoms with Crippen LogP contribution in [-0.2, 0) is 6.54 Å². The SMILES string of the molecule is CC(C)[C@H]1CC[C@@H](N2CCC(n3c(CNC(=O)c4cccnc4)cc4ccccc43)CC2)CC1. The number of fused-ring (bicyclic) bond motifs is 1. The fourth-order valence-corrected chi connectivity index (χ4v) is 6.21. The van der Waals surface area contributed by atoms with Crippen molar-refractivity contribution in [2.45, 2.75) is 71.0 Å². The minimum atomic E-state index is -0.0725. The van der Waals surface area contributed by atoms with Crippen LogP contribution in [0.25, 0.3) is 10.9 Å². The maximum Gasteiger partial charge on any atom is 0.253 e. The van der Waals surface area contributed by atoms with Crippen molar-refractivity contribution in [2.24, 2.45) is 11.8 Å². The van der Waals surface area contributed by atoms with Gasteiger partial charge in [-0.2, -0.15) is 0 Å². The number of carbonyl (C=O) groups is 1. The second-order valence-electron chi connectivity index (χ2n) is 10.6. The van der Waals surface area contributed by atoms with Crippen molar-refractivity contribution in [1.82, 2.24) is 19.8 Å². The van der Waals surface area contributed by atoms with E-state index in [2.05, 4.69) is 63.9 Å². The van der Waals surface area contributed by atoms with Crippen LogP contribution in [0.3, 0.4) is 0 Å². The van der Waals surface area contributed by atoms with Crippen LogP contribution in [0.4, 0.5) is 0 Å². The summed E-state index contributed by atoms with van der Waals surface area (Å²) in [6.45, 7) is 7.65. The largest absolute Gasteiger partial charge is 0.346 e. The fourth-order valence-electron chi connectivity index (χ4n) is 6.21. The minimum absolute atomic E-state index is 0.0725. The van der Waals surface area contributed by atoms with E-state index < -0.39 is 0 Å². The number of pyridine rings is 1. The molecule has 0 spiro atoms. The molecule has 1 saturated heterocycles. The predicted molar refractivity (Wildman–Crippen MR) is 138 cm³/mol. The zero-order valence-corrected chi connectivity index (χ0v) is 20.6. The van der Waals surface area contributed by atoms with E-state index in [1.165, 1.54) is 68.2 Å². The Hall–Kier alpha value is -2.66. The Kier molecular flexibility index (Phi) is 7.00. The van der Waals surface area contributed by atoms with Crippen LogP contribution in [0, 0.1) is 11.8 Å². The molecule has 1 aliphatic heterocycles. The summed E-state index contributed by atoms with van der Waals surface area (Å²) in [6, 6.07) is 15.7. The summed E-state index contributed by atoms with van der Waals surface area (Å²) < 4.78 is 2.51. The lowest BCUT2D eigenvalue weighted by molar-refractivity contribution is 0.0884. The average Bonchev–Trinajstić information content (AvgIpc) is 3.26. The van der Waals surface area contributed by atoms with Crippen LogP contribution in [0.15, 0.2) is 54.9 Å². The highest BCUT2D eigenvalue weighted by molar-refractivity contribution is 5.93. The van der Waals surface area contributed by atoms with Gasteiger partial charge < -0.3 is 14.8 Å². The molecule has 5 heteroatoms. The zero-order chi connectivity index (χ0) is 23.5. The molecule has 1 saturated carbocycles. The number of para-hydroxylation sites is 1. The molecular formula is C29H38N4O. The van der Waals surface area contributed by atoms with Gasteiger partial charge in [-0.05, 0) is 80.0 Å². The Morgan fingerprint density at radius 1 is 1.00 bits per heavy atom. The fraction of sp³-hybridized carbons (Fsp3) is 0.517. The molecule has 0 unspecified atom stereocenters. The van der Waals surface area contributed by atoms with E-state index in [0.29, 0.717) is 18.2 Å². The van der Waals surface area contributed by atoms with Gasteiger partial charge in [-0.1, -0.05) is 32.0 Å². The lowest BCUT2D eigenvalue weighted by Gasteiger charge is -2.42. The predicted octanol–water partition coefficient (Wildman–Crippen LogP) is 5.82. The van der Waals surface area contributed by atoms with Crippen molar-refractivity contribution in [1.29, 1.82) is 0 Å². The van der Waals surface area contributed by atoms with Gasteiger partial charge in [0.1, 0.15) is 0 Å². The zero-order valence-electron chi connectivity index (χ0n) is 20.6. The maximum absolute atomic E-state index is 12.6. The lowest BCUT2D eigenvalue weighted by atomic mass is 9.79. The van der Waals surface area contributed by atoms with Gasteiger partial charge in [0.25, 0.3) is 5.91 Å². The summed E-state index contributed by atoms with van der Waals surface area (Å²) in [5, 5.41) is 4.37. The summed E-state index contributed by atoms with van der Waals surface area (Å²) in [4.78, 5) is 19.5. The molecule has 180 valence electrons. The van der Waals surface area contributed by atoms with Gasteiger partial charge >= 0.3 is 0 Å². The van der Waals surface area contributed by atoms with Crippen LogP contribution >= 0.6 is 0 Å². The van der Waals surface area contributed by atoms with Gasteiger partial charge in [0.2, 0.25) is 0 Å². The number of piperidine rings is 1. The molecule has 5 nitrogen and oxygen atoms in total. The molecule has 2 aromatic heterocycles. The molecule has 5 rings (SSSR count). The molecule has 3 heterocycles. The molecule has 2 aliphatic rings. The first-order valence-electron chi connectivity index (χ1n) is 13.1. The lowest BCUT2D eigenvalue weighted by Crippen LogP contribution is -2.44. The maximum atomic E-state index is 12.6. The van der Waals surface area contributed by atoms with Gasteiger partial charge in [-0.15, -0.1) is 0 Å². The number of aromatic nitrogens is 2. The molecule has 1 aliphatic carbocycles. The van der Waals surface area contributed by atoms with Crippen LogP contribution < -0.4 is 5.32 Å². The van der Waals surface area contributed by atoms with Crippen molar-refractivity contribution in [3.63, 3.8) is 0 Å². The molecule has 0 radical (unpaired) electrons. The van der Waals surface area contributed by atoms with Gasteiger partial charge in [-0.3, -0.25) is 9.78 Å². The first kappa shape index (κ1) is 23.1. The number of rotatable bonds is 6. The molecule has 0 atom stereocenters. The van der Waals surface area contributed by atoms with Crippen molar-refractivity contribution in [3.05, 3.63) is 66.1 Å². The number of hydrogen-bond acceptors (Lipinski definition) is 3. The summed E-state index contributed by atoms with van der Waals surface area (Å²) in [5.41, 5.74) is 3.07. The summed E-state index contributed by atoms with van der Waals surface area (Å²) in [5.74, 6) is 1.67. The smallest absolute Gasteiger partial charge is 0.253 e. The molecule has 34 heavy (non-hydrogen) atoms. The minimum Gasteiger partial charge on any atom is -0.346 e. The Labute approximate surface area is 203 Å². The number of carbonyl (C=O) groups excluding carboxylic acids is 1. The van der Waals surface area contributed by atoms with Gasteiger partial charge in [0, 0.05) is 48.8 Å². The standard InChI is InChI=1S/C29H38N4O/c1-21(2)22-9-11-25(12-10-22)32-16-13-26(14-17-32)33-27(18-23-6-3-4-8-28(23)33)20-31-29(34)24-7-5-15-30-19-24/h3-8,15,18-19,21-22,25-26H,9-14,16-17,20H2,1-2H3,(H,31,34)/t22-,25+. The molecular weight excluding hydrogens is 420 g/mol. The Balaban J connectivity index is 1.27. The van der Waals surface area contributed by atoms with Crippen LogP contribution in [-0.4, -0.2) is 39.5 Å². The van der Waals surface area contributed by atoms with Gasteiger partial charge in [-0.25, -0.2) is 0 Å². The normalized spacial score (nSPS) is 22.3. The summed E-state index contributed by atoms with van der Waals surface area (Å²) >= 11 is 0. The Bertz CT molecular complexity index is 1090. The number of hydrogen-bond donors (Lipinski definition) is 1. The number of nitrogens with zero attached hydrogens (tertiary/aromatic N) is 3. The number of nitrogens with one attached hydrogen (secondary N) is 1. The molecule has 1 aromatic carbocycles. The second kappa shape index (κ2) is 10.3. The first-order valence-corrected chi connectivity index (χ1v) is 13.1. The van der Waals surface area contributed by atoms with E-state index >= 15 is 0 Å². The van der Waals surface area contributed by atoms with Crippen LogP contribution in [0.2, 0.25) is 0 Å². The van der Waals surface area contributed by atoms with E-state index in [0.717, 1.165) is 17.9 Å². The van der Waals surface area contributed by atoms with Crippen molar-refractivity contribution in [3.8, 4) is 0 Å². The molecule has 1 N–H and O–H groups in total. The van der Waals surface area contributed by atoms with E-state index in [1.54, 1.807) is 18.5 Å². The quantitative estimate of drug-likeness (QED) is 0.506. The third-order valence-corrected chi connectivity index (χ3v) is 8.25. The van der Waals surface area contributed by atoms with Crippen LogP contribution in [0.5, 0.6) is 0 Å². The monoisotopic (exact) mass is 458 g/mol. The summed E-state index contributed by atoms with van der Waals surface area (Å²) in [6.07, 6.45) is 11.2. The van der Waals surface area contributed by atoms with E-state index in [9.17, 15) is 4.79 Å². The summed E-state index contributed by atoms with van der Waals surface area (Å²) in [7, 11) is 0. The Morgan fingerprint density at radius 2 is 1.76 bits per heavy atom. The molecule has 1 amide bonds.